The normalized spacial score (nSPS) is 8.92. The fourth-order valence-corrected chi connectivity index (χ4v) is 0.828. The maximum Gasteiger partial charge on any atom is 0.266 e. The number of amides is 1. The summed E-state index contributed by atoms with van der Waals surface area (Å²) in [5, 5.41) is 8.51. The molecule has 0 radical (unpaired) electrons. The number of nitrogens with one attached hydrogen (secondary N) is 1. The third kappa shape index (κ3) is 1.46. The van der Waals surface area contributed by atoms with Crippen LogP contribution in [0.25, 0.3) is 0 Å². The number of aromatic amines is 1. The summed E-state index contributed by atoms with van der Waals surface area (Å²) in [6, 6.07) is 1.76. The quantitative estimate of drug-likeness (QED) is 0.599. The topological polar surface area (TPSA) is 95.6 Å². The van der Waals surface area contributed by atoms with Crippen molar-refractivity contribution in [3.05, 3.63) is 22.2 Å². The summed E-state index contributed by atoms with van der Waals surface area (Å²) < 4.78 is 0.128. The standard InChI is InChI=1S/C6H4N4OS/c7-1-3-2-9-6(12)10-4(3)5(8)11/h2H,(H2,8,11)(H,9,10,12). The Morgan fingerprint density at radius 3 is 3.00 bits per heavy atom. The van der Waals surface area contributed by atoms with E-state index in [0.717, 1.165) is 0 Å². The molecule has 1 amide bonds. The van der Waals surface area contributed by atoms with Crippen LogP contribution in [0.5, 0.6) is 0 Å². The van der Waals surface area contributed by atoms with Crippen molar-refractivity contribution in [1.82, 2.24) is 9.97 Å². The van der Waals surface area contributed by atoms with Crippen molar-refractivity contribution in [2.24, 2.45) is 5.73 Å². The molecule has 0 unspecified atom stereocenters. The molecule has 0 saturated carbocycles. The number of carbonyl (C=O) groups is 1. The van der Waals surface area contributed by atoms with Crippen LogP contribution in [-0.4, -0.2) is 15.9 Å². The molecule has 0 bridgehead atoms. The molecule has 0 aliphatic carbocycles. The summed E-state index contributed by atoms with van der Waals surface area (Å²) in [5.74, 6) is -0.722. The molecule has 12 heavy (non-hydrogen) atoms. The molecule has 0 aromatic carbocycles. The van der Waals surface area contributed by atoms with Gasteiger partial charge >= 0.3 is 0 Å². The SMILES string of the molecule is N#Cc1cnc(=S)[nH]c1C(N)=O. The molecule has 0 atom stereocenters. The number of nitrogens with two attached hydrogens (primary N) is 1. The van der Waals surface area contributed by atoms with Crippen LogP contribution in [0, 0.1) is 16.1 Å². The molecule has 0 saturated heterocycles. The predicted octanol–water partition coefficient (Wildman–Crippen LogP) is 0.110. The van der Waals surface area contributed by atoms with Crippen LogP contribution in [0.1, 0.15) is 16.1 Å². The van der Waals surface area contributed by atoms with E-state index in [2.05, 4.69) is 22.2 Å². The van der Waals surface area contributed by atoms with Gasteiger partial charge in [0, 0.05) is 0 Å². The van der Waals surface area contributed by atoms with E-state index in [1.54, 1.807) is 6.07 Å². The zero-order valence-electron chi connectivity index (χ0n) is 5.87. The highest BCUT2D eigenvalue weighted by Gasteiger charge is 2.07. The van der Waals surface area contributed by atoms with Crippen LogP contribution in [0.3, 0.4) is 0 Å². The van der Waals surface area contributed by atoms with Gasteiger partial charge in [0.2, 0.25) is 0 Å². The molecule has 3 N–H and O–H groups in total. The lowest BCUT2D eigenvalue weighted by Crippen LogP contribution is -2.15. The molecule has 1 aromatic heterocycles. The lowest BCUT2D eigenvalue weighted by atomic mass is 10.2. The molecule has 0 aliphatic rings. The Labute approximate surface area is 72.9 Å². The monoisotopic (exact) mass is 180 g/mol. The van der Waals surface area contributed by atoms with Crippen molar-refractivity contribution >= 4 is 18.1 Å². The first kappa shape index (κ1) is 8.36. The van der Waals surface area contributed by atoms with Crippen molar-refractivity contribution in [2.45, 2.75) is 0 Å². The number of primary amides is 1. The van der Waals surface area contributed by atoms with Crippen molar-refractivity contribution in [3.63, 3.8) is 0 Å². The summed E-state index contributed by atoms with van der Waals surface area (Å²) in [4.78, 5) is 16.8. The van der Waals surface area contributed by atoms with Gasteiger partial charge in [-0.3, -0.25) is 4.79 Å². The van der Waals surface area contributed by atoms with E-state index < -0.39 is 5.91 Å². The Balaban J connectivity index is 3.44. The lowest BCUT2D eigenvalue weighted by Gasteiger charge is -1.96. The second-order valence-corrected chi connectivity index (χ2v) is 2.34. The molecule has 1 heterocycles. The van der Waals surface area contributed by atoms with Crippen LogP contribution >= 0.6 is 12.2 Å². The van der Waals surface area contributed by atoms with Gasteiger partial charge in [0.05, 0.1) is 11.8 Å². The molecule has 0 aliphatic heterocycles. The first-order chi connectivity index (χ1) is 5.65. The second kappa shape index (κ2) is 3.11. The molecule has 6 heteroatoms. The number of hydrogen-bond acceptors (Lipinski definition) is 4. The first-order valence-electron chi connectivity index (χ1n) is 2.94. The number of carbonyl (C=O) groups excluding carboxylic acids is 1. The van der Waals surface area contributed by atoms with Gasteiger partial charge in [-0.05, 0) is 12.2 Å². The number of aromatic nitrogens is 2. The average Bonchev–Trinajstić information content (AvgIpc) is 2.04. The Morgan fingerprint density at radius 2 is 2.50 bits per heavy atom. The lowest BCUT2D eigenvalue weighted by molar-refractivity contribution is 0.0995. The minimum Gasteiger partial charge on any atom is -0.364 e. The fraction of sp³-hybridized carbons (Fsp3) is 0. The van der Waals surface area contributed by atoms with E-state index in [9.17, 15) is 4.79 Å². The van der Waals surface area contributed by atoms with E-state index in [-0.39, 0.29) is 16.0 Å². The predicted molar refractivity (Wildman–Crippen MR) is 42.7 cm³/mol. The molecule has 5 nitrogen and oxygen atoms in total. The minimum atomic E-state index is -0.722. The largest absolute Gasteiger partial charge is 0.364 e. The maximum absolute atomic E-state index is 10.7. The number of rotatable bonds is 1. The van der Waals surface area contributed by atoms with Crippen LogP contribution in [0.4, 0.5) is 0 Å². The van der Waals surface area contributed by atoms with Crippen molar-refractivity contribution in [2.75, 3.05) is 0 Å². The van der Waals surface area contributed by atoms with Gasteiger partial charge in [-0.2, -0.15) is 5.26 Å². The zero-order valence-corrected chi connectivity index (χ0v) is 6.68. The summed E-state index contributed by atoms with van der Waals surface area (Å²) in [6.07, 6.45) is 1.21. The van der Waals surface area contributed by atoms with E-state index >= 15 is 0 Å². The van der Waals surface area contributed by atoms with E-state index in [1.807, 2.05) is 0 Å². The number of nitriles is 1. The molecular weight excluding hydrogens is 176 g/mol. The molecule has 0 spiro atoms. The highest BCUT2D eigenvalue weighted by Crippen LogP contribution is 2.00. The third-order valence-corrected chi connectivity index (χ3v) is 1.39. The first-order valence-corrected chi connectivity index (χ1v) is 3.35. The molecule has 0 fully saturated rings. The van der Waals surface area contributed by atoms with Gasteiger partial charge in [-0.25, -0.2) is 4.98 Å². The molecular formula is C6H4N4OS. The Hall–Kier alpha value is -1.74. The van der Waals surface area contributed by atoms with Gasteiger partial charge in [-0.1, -0.05) is 0 Å². The summed E-state index contributed by atoms with van der Waals surface area (Å²) in [6.45, 7) is 0. The van der Waals surface area contributed by atoms with E-state index in [0.29, 0.717) is 0 Å². The van der Waals surface area contributed by atoms with Crippen molar-refractivity contribution < 1.29 is 4.79 Å². The van der Waals surface area contributed by atoms with Crippen LogP contribution in [-0.2, 0) is 0 Å². The molecule has 1 aromatic rings. The average molecular weight is 180 g/mol. The van der Waals surface area contributed by atoms with Crippen LogP contribution < -0.4 is 5.73 Å². The number of hydrogen-bond donors (Lipinski definition) is 2. The van der Waals surface area contributed by atoms with Crippen LogP contribution in [0.2, 0.25) is 0 Å². The van der Waals surface area contributed by atoms with Gasteiger partial charge in [0.25, 0.3) is 5.91 Å². The number of H-pyrrole nitrogens is 1. The molecule has 1 rings (SSSR count). The summed E-state index contributed by atoms with van der Waals surface area (Å²) in [5.41, 5.74) is 5.05. The van der Waals surface area contributed by atoms with Gasteiger partial charge < -0.3 is 10.7 Å². The summed E-state index contributed by atoms with van der Waals surface area (Å²) >= 11 is 4.64. The van der Waals surface area contributed by atoms with Gasteiger partial charge in [0.15, 0.2) is 4.77 Å². The van der Waals surface area contributed by atoms with Gasteiger partial charge in [-0.15, -0.1) is 0 Å². The minimum absolute atomic E-state index is 0.00231. The highest BCUT2D eigenvalue weighted by atomic mass is 32.1. The van der Waals surface area contributed by atoms with E-state index in [4.69, 9.17) is 11.0 Å². The zero-order chi connectivity index (χ0) is 9.14. The maximum atomic E-state index is 10.7. The third-order valence-electron chi connectivity index (χ3n) is 1.18. The van der Waals surface area contributed by atoms with Crippen LogP contribution in [0.15, 0.2) is 6.20 Å². The van der Waals surface area contributed by atoms with Gasteiger partial charge in [0.1, 0.15) is 11.8 Å². The smallest absolute Gasteiger partial charge is 0.266 e. The molecule has 60 valence electrons. The Morgan fingerprint density at radius 1 is 1.83 bits per heavy atom. The van der Waals surface area contributed by atoms with E-state index in [1.165, 1.54) is 6.20 Å². The Kier molecular flexibility index (Phi) is 2.16. The highest BCUT2D eigenvalue weighted by molar-refractivity contribution is 7.71. The Bertz CT molecular complexity index is 416. The fourth-order valence-electron chi connectivity index (χ4n) is 0.673. The number of nitrogens with zero attached hydrogens (tertiary/aromatic N) is 2. The second-order valence-electron chi connectivity index (χ2n) is 1.95. The summed E-state index contributed by atoms with van der Waals surface area (Å²) in [7, 11) is 0. The van der Waals surface area contributed by atoms with Crippen molar-refractivity contribution in [3.8, 4) is 6.07 Å². The van der Waals surface area contributed by atoms with Crippen molar-refractivity contribution in [1.29, 1.82) is 5.26 Å².